The predicted octanol–water partition coefficient (Wildman–Crippen LogP) is 3.71. The number of aryl methyl sites for hydroxylation is 1. The summed E-state index contributed by atoms with van der Waals surface area (Å²) in [6, 6.07) is 25.8. The molecule has 1 amide bonds. The third kappa shape index (κ3) is 4.63. The van der Waals surface area contributed by atoms with Crippen molar-refractivity contribution in [3.63, 3.8) is 0 Å². The Hall–Kier alpha value is -3.77. The van der Waals surface area contributed by atoms with E-state index in [0.29, 0.717) is 36.4 Å². The van der Waals surface area contributed by atoms with E-state index >= 15 is 0 Å². The standard InChI is InChI=1S/C28H28N4O2/c1-21-27(33)32(20-23-10-6-3-7-11-23)26-13-12-24(18-25(26)29-21)28(34)31-16-14-30(15-17-31)19-22-8-4-2-5-9-22/h2-13,18H,14-17,19-20H2,1H3. The maximum Gasteiger partial charge on any atom is 0.272 e. The van der Waals surface area contributed by atoms with Crippen LogP contribution >= 0.6 is 0 Å². The Morgan fingerprint density at radius 3 is 2.09 bits per heavy atom. The average molecular weight is 453 g/mol. The highest BCUT2D eigenvalue weighted by molar-refractivity contribution is 5.97. The number of hydrogen-bond donors (Lipinski definition) is 0. The first-order valence-electron chi connectivity index (χ1n) is 11.7. The average Bonchev–Trinajstić information content (AvgIpc) is 2.88. The number of nitrogens with zero attached hydrogens (tertiary/aromatic N) is 4. The number of aromatic nitrogens is 2. The molecule has 34 heavy (non-hydrogen) atoms. The molecule has 0 bridgehead atoms. The number of fused-ring (bicyclic) bond motifs is 1. The Labute approximate surface area is 199 Å². The zero-order valence-corrected chi connectivity index (χ0v) is 19.4. The van der Waals surface area contributed by atoms with E-state index in [1.54, 1.807) is 11.5 Å². The molecule has 1 saturated heterocycles. The van der Waals surface area contributed by atoms with Gasteiger partial charge in [-0.25, -0.2) is 4.98 Å². The fourth-order valence-electron chi connectivity index (χ4n) is 4.56. The van der Waals surface area contributed by atoms with Crippen LogP contribution in [0.2, 0.25) is 0 Å². The van der Waals surface area contributed by atoms with Crippen molar-refractivity contribution < 1.29 is 4.79 Å². The number of benzene rings is 3. The van der Waals surface area contributed by atoms with Crippen LogP contribution < -0.4 is 5.56 Å². The van der Waals surface area contributed by atoms with E-state index in [-0.39, 0.29) is 11.5 Å². The quantitative estimate of drug-likeness (QED) is 0.463. The van der Waals surface area contributed by atoms with Crippen LogP contribution in [0.3, 0.4) is 0 Å². The Balaban J connectivity index is 1.34. The fourth-order valence-corrected chi connectivity index (χ4v) is 4.56. The highest BCUT2D eigenvalue weighted by atomic mass is 16.2. The van der Waals surface area contributed by atoms with Crippen LogP contribution in [0.4, 0.5) is 0 Å². The van der Waals surface area contributed by atoms with Gasteiger partial charge < -0.3 is 9.47 Å². The van der Waals surface area contributed by atoms with Crippen LogP contribution in [0.1, 0.15) is 27.2 Å². The molecule has 6 nitrogen and oxygen atoms in total. The van der Waals surface area contributed by atoms with Crippen molar-refractivity contribution in [1.29, 1.82) is 0 Å². The summed E-state index contributed by atoms with van der Waals surface area (Å²) in [4.78, 5) is 34.9. The van der Waals surface area contributed by atoms with Gasteiger partial charge in [-0.2, -0.15) is 0 Å². The van der Waals surface area contributed by atoms with Crippen LogP contribution in [0.5, 0.6) is 0 Å². The monoisotopic (exact) mass is 452 g/mol. The summed E-state index contributed by atoms with van der Waals surface area (Å²) in [5.74, 6) is 0.0153. The lowest BCUT2D eigenvalue weighted by molar-refractivity contribution is 0.0628. The minimum atomic E-state index is -0.107. The van der Waals surface area contributed by atoms with Gasteiger partial charge in [-0.1, -0.05) is 60.7 Å². The SMILES string of the molecule is Cc1nc2cc(C(=O)N3CCN(Cc4ccccc4)CC3)ccc2n(Cc2ccccc2)c1=O. The molecule has 0 atom stereocenters. The zero-order chi connectivity index (χ0) is 23.5. The van der Waals surface area contributed by atoms with Crippen LogP contribution in [-0.4, -0.2) is 51.4 Å². The first kappa shape index (κ1) is 22.0. The van der Waals surface area contributed by atoms with Gasteiger partial charge in [-0.15, -0.1) is 0 Å². The van der Waals surface area contributed by atoms with Crippen molar-refractivity contribution in [3.05, 3.63) is 112 Å². The number of amides is 1. The van der Waals surface area contributed by atoms with Crippen molar-refractivity contribution in [2.45, 2.75) is 20.0 Å². The topological polar surface area (TPSA) is 58.4 Å². The largest absolute Gasteiger partial charge is 0.336 e. The van der Waals surface area contributed by atoms with Crippen molar-refractivity contribution in [1.82, 2.24) is 19.4 Å². The van der Waals surface area contributed by atoms with Gasteiger partial charge in [0, 0.05) is 38.3 Å². The molecule has 0 saturated carbocycles. The smallest absolute Gasteiger partial charge is 0.272 e. The molecule has 0 unspecified atom stereocenters. The molecular formula is C28H28N4O2. The lowest BCUT2D eigenvalue weighted by Crippen LogP contribution is -2.48. The third-order valence-electron chi connectivity index (χ3n) is 6.45. The van der Waals surface area contributed by atoms with E-state index in [4.69, 9.17) is 0 Å². The van der Waals surface area contributed by atoms with Crippen LogP contribution in [0, 0.1) is 6.92 Å². The van der Waals surface area contributed by atoms with E-state index in [1.807, 2.05) is 59.5 Å². The van der Waals surface area contributed by atoms with Crippen molar-refractivity contribution in [2.24, 2.45) is 0 Å². The third-order valence-corrected chi connectivity index (χ3v) is 6.45. The number of rotatable bonds is 5. The summed E-state index contributed by atoms with van der Waals surface area (Å²) in [7, 11) is 0. The van der Waals surface area contributed by atoms with E-state index in [2.05, 4.69) is 34.1 Å². The van der Waals surface area contributed by atoms with Gasteiger partial charge in [-0.05, 0) is 36.2 Å². The normalized spacial score (nSPS) is 14.4. The number of carbonyl (C=O) groups is 1. The lowest BCUT2D eigenvalue weighted by atomic mass is 10.1. The number of hydrogen-bond acceptors (Lipinski definition) is 4. The second-order valence-corrected chi connectivity index (χ2v) is 8.83. The van der Waals surface area contributed by atoms with Crippen LogP contribution in [-0.2, 0) is 13.1 Å². The molecule has 0 N–H and O–H groups in total. The molecule has 1 aliphatic rings. The zero-order valence-electron chi connectivity index (χ0n) is 19.4. The van der Waals surface area contributed by atoms with E-state index < -0.39 is 0 Å². The van der Waals surface area contributed by atoms with Gasteiger partial charge in [0.25, 0.3) is 11.5 Å². The van der Waals surface area contributed by atoms with Crippen LogP contribution in [0.25, 0.3) is 11.0 Å². The summed E-state index contributed by atoms with van der Waals surface area (Å²) in [5.41, 5.74) is 4.68. The fraction of sp³-hybridized carbons (Fsp3) is 0.250. The molecule has 1 aliphatic heterocycles. The van der Waals surface area contributed by atoms with E-state index in [1.165, 1.54) is 5.56 Å². The van der Waals surface area contributed by atoms with Crippen LogP contribution in [0.15, 0.2) is 83.7 Å². The number of piperazine rings is 1. The van der Waals surface area contributed by atoms with Gasteiger partial charge in [-0.3, -0.25) is 14.5 Å². The predicted molar refractivity (Wildman–Crippen MR) is 134 cm³/mol. The molecule has 3 aromatic carbocycles. The molecular weight excluding hydrogens is 424 g/mol. The van der Waals surface area contributed by atoms with Gasteiger partial charge in [0.1, 0.15) is 5.69 Å². The summed E-state index contributed by atoms with van der Waals surface area (Å²) in [6.45, 7) is 6.19. The summed E-state index contributed by atoms with van der Waals surface area (Å²) in [6.07, 6.45) is 0. The molecule has 6 heteroatoms. The molecule has 172 valence electrons. The van der Waals surface area contributed by atoms with Gasteiger partial charge in [0.15, 0.2) is 0 Å². The van der Waals surface area contributed by atoms with Crippen molar-refractivity contribution in [3.8, 4) is 0 Å². The molecule has 4 aromatic rings. The second kappa shape index (κ2) is 9.61. The molecule has 0 spiro atoms. The molecule has 0 aliphatic carbocycles. The molecule has 2 heterocycles. The van der Waals surface area contributed by atoms with Gasteiger partial charge in [0.05, 0.1) is 17.6 Å². The van der Waals surface area contributed by atoms with E-state index in [0.717, 1.165) is 30.7 Å². The maximum atomic E-state index is 13.2. The Morgan fingerprint density at radius 1 is 0.824 bits per heavy atom. The van der Waals surface area contributed by atoms with Gasteiger partial charge >= 0.3 is 0 Å². The lowest BCUT2D eigenvalue weighted by Gasteiger charge is -2.34. The minimum absolute atomic E-state index is 0.0153. The Bertz CT molecular complexity index is 1360. The minimum Gasteiger partial charge on any atom is -0.336 e. The van der Waals surface area contributed by atoms with Crippen molar-refractivity contribution in [2.75, 3.05) is 26.2 Å². The highest BCUT2D eigenvalue weighted by Crippen LogP contribution is 2.18. The summed E-state index contributed by atoms with van der Waals surface area (Å²) < 4.78 is 1.74. The molecule has 1 fully saturated rings. The molecule has 1 aromatic heterocycles. The number of carbonyl (C=O) groups excluding carboxylic acids is 1. The van der Waals surface area contributed by atoms with E-state index in [9.17, 15) is 9.59 Å². The highest BCUT2D eigenvalue weighted by Gasteiger charge is 2.23. The summed E-state index contributed by atoms with van der Waals surface area (Å²) >= 11 is 0. The Morgan fingerprint density at radius 2 is 1.44 bits per heavy atom. The second-order valence-electron chi connectivity index (χ2n) is 8.83. The summed E-state index contributed by atoms with van der Waals surface area (Å²) in [5, 5.41) is 0. The van der Waals surface area contributed by atoms with Crippen molar-refractivity contribution >= 4 is 16.9 Å². The molecule has 5 rings (SSSR count). The first-order chi connectivity index (χ1) is 16.6. The Kier molecular flexibility index (Phi) is 6.23. The maximum absolute atomic E-state index is 13.2. The van der Waals surface area contributed by atoms with Gasteiger partial charge in [0.2, 0.25) is 0 Å². The first-order valence-corrected chi connectivity index (χ1v) is 11.7. The molecule has 0 radical (unpaired) electrons.